The van der Waals surface area contributed by atoms with Gasteiger partial charge in [-0.25, -0.2) is 4.79 Å². The van der Waals surface area contributed by atoms with Crippen LogP contribution >= 0.6 is 10.2 Å². The van der Waals surface area contributed by atoms with Crippen molar-refractivity contribution in [1.29, 1.82) is 0 Å². The van der Waals surface area contributed by atoms with Gasteiger partial charge in [-0.3, -0.25) is 0 Å². The quantitative estimate of drug-likeness (QED) is 0.223. The van der Waals surface area contributed by atoms with Gasteiger partial charge in [0.1, 0.15) is 22.9 Å². The van der Waals surface area contributed by atoms with Crippen molar-refractivity contribution in [2.24, 2.45) is 0 Å². The van der Waals surface area contributed by atoms with Gasteiger partial charge in [0.05, 0.1) is 18.8 Å². The number of carbonyl (C=O) groups is 1. The van der Waals surface area contributed by atoms with Gasteiger partial charge in [-0.05, 0) is 30.7 Å². The van der Waals surface area contributed by atoms with E-state index in [-0.39, 0.29) is 18.7 Å². The summed E-state index contributed by atoms with van der Waals surface area (Å²) in [6.07, 6.45) is -12.7. The molecule has 18 heteroatoms. The van der Waals surface area contributed by atoms with E-state index in [2.05, 4.69) is 4.84 Å². The Morgan fingerprint density at radius 2 is 1.67 bits per heavy atom. The molecule has 4 rings (SSSR count). The zero-order chi connectivity index (χ0) is 26.9. The normalized spacial score (nSPS) is 29.7. The van der Waals surface area contributed by atoms with Crippen LogP contribution in [0.4, 0.5) is 32.6 Å². The molecule has 0 spiro atoms. The Morgan fingerprint density at radius 3 is 2.22 bits per heavy atom. The summed E-state index contributed by atoms with van der Waals surface area (Å²) >= 11 is 0. The van der Waals surface area contributed by atoms with Crippen molar-refractivity contribution in [3.8, 4) is 5.75 Å². The molecule has 2 fully saturated rings. The summed E-state index contributed by atoms with van der Waals surface area (Å²) in [5.41, 5.74) is -2.83. The number of alkyl halides is 3. The smallest absolute Gasteiger partial charge is 0.430 e. The molecule has 3 heterocycles. The number of rotatable bonds is 5. The van der Waals surface area contributed by atoms with Crippen LogP contribution in [0.15, 0.2) is 22.6 Å². The summed E-state index contributed by atoms with van der Waals surface area (Å²) in [5.74, 6) is -2.47. The van der Waals surface area contributed by atoms with Crippen LogP contribution < -0.4 is 4.74 Å². The first-order valence-electron chi connectivity index (χ1n) is 9.83. The summed E-state index contributed by atoms with van der Waals surface area (Å²) in [5, 5.41) is 9.42. The lowest BCUT2D eigenvalue weighted by molar-refractivity contribution is -0.769. The third-order valence-corrected chi connectivity index (χ3v) is 6.65. The fraction of sp³-hybridized carbons (Fsp3) is 0.500. The van der Waals surface area contributed by atoms with Crippen LogP contribution in [0.3, 0.4) is 0 Å². The van der Waals surface area contributed by atoms with Crippen molar-refractivity contribution in [2.45, 2.75) is 48.5 Å². The zero-order valence-corrected chi connectivity index (χ0v) is 18.5. The van der Waals surface area contributed by atoms with Gasteiger partial charge in [-0.1, -0.05) is 19.4 Å². The third-order valence-electron chi connectivity index (χ3n) is 5.53. The summed E-state index contributed by atoms with van der Waals surface area (Å²) in [6, 6.07) is -0.153. The standard InChI is InChI=1S/C18H15F8NO8S/c1-7-2-9(36(22,23,24,25)26)3-8-4-10(16(18(19,20)21)34-13(7)8)17(28)33-11-5-31-15-12(35-27(29)30)6-32-14(11)15/h2-4,11-12,14-16H,5-6H2,1H3. The number of halogens is 8. The molecule has 202 valence electrons. The van der Waals surface area contributed by atoms with E-state index in [1.54, 1.807) is 0 Å². The van der Waals surface area contributed by atoms with Crippen LogP contribution in [0.1, 0.15) is 11.1 Å². The molecule has 9 nitrogen and oxygen atoms in total. The summed E-state index contributed by atoms with van der Waals surface area (Å²) < 4.78 is 128. The number of ether oxygens (including phenoxy) is 4. The number of fused-ring (bicyclic) bond motifs is 2. The first-order valence-corrected chi connectivity index (χ1v) is 11.8. The van der Waals surface area contributed by atoms with Crippen LogP contribution in [0.5, 0.6) is 5.75 Å². The van der Waals surface area contributed by atoms with Gasteiger partial charge in [0, 0.05) is 5.56 Å². The van der Waals surface area contributed by atoms with E-state index in [1.807, 2.05) is 0 Å². The molecule has 1 aromatic rings. The second-order valence-corrected chi connectivity index (χ2v) is 10.6. The maximum Gasteiger partial charge on any atom is 0.430 e. The van der Waals surface area contributed by atoms with Crippen molar-refractivity contribution < 1.29 is 66.3 Å². The van der Waals surface area contributed by atoms with Crippen LogP contribution in [0, 0.1) is 17.0 Å². The van der Waals surface area contributed by atoms with E-state index in [0.29, 0.717) is 6.08 Å². The summed E-state index contributed by atoms with van der Waals surface area (Å²) in [4.78, 5) is 25.2. The monoisotopic (exact) mass is 557 g/mol. The van der Waals surface area contributed by atoms with E-state index in [9.17, 15) is 47.5 Å². The molecule has 0 radical (unpaired) electrons. The Hall–Kier alpha value is -2.86. The van der Waals surface area contributed by atoms with Gasteiger partial charge in [-0.15, -0.1) is 10.1 Å². The van der Waals surface area contributed by atoms with Gasteiger partial charge in [0.15, 0.2) is 12.2 Å². The highest BCUT2D eigenvalue weighted by Gasteiger charge is 2.66. The maximum atomic E-state index is 13.7. The molecule has 0 bridgehead atoms. The summed E-state index contributed by atoms with van der Waals surface area (Å²) in [7, 11) is -10.2. The third kappa shape index (κ3) is 5.01. The van der Waals surface area contributed by atoms with Crippen LogP contribution in [-0.2, 0) is 23.8 Å². The summed E-state index contributed by atoms with van der Waals surface area (Å²) in [6.45, 7) is 0.0337. The minimum atomic E-state index is -10.2. The molecule has 3 aliphatic rings. The Morgan fingerprint density at radius 1 is 1.08 bits per heavy atom. The fourth-order valence-electron chi connectivity index (χ4n) is 4.03. The van der Waals surface area contributed by atoms with E-state index in [1.165, 1.54) is 0 Å². The fourth-order valence-corrected chi connectivity index (χ4v) is 4.78. The zero-order valence-electron chi connectivity index (χ0n) is 17.7. The number of benzene rings is 1. The maximum absolute atomic E-state index is 13.7. The predicted molar refractivity (Wildman–Crippen MR) is 102 cm³/mol. The average Bonchev–Trinajstić information content (AvgIpc) is 3.27. The topological polar surface area (TPSA) is 106 Å². The molecule has 5 atom stereocenters. The molecule has 0 aromatic heterocycles. The SMILES string of the molecule is Cc1cc(S(F)(F)(F)(F)F)cc2c1OC(C(F)(F)F)C(C(=O)OC1COC3C(O[N+](=O)[O-])COC13)=C2. The van der Waals surface area contributed by atoms with E-state index >= 15 is 0 Å². The van der Waals surface area contributed by atoms with Gasteiger partial charge >= 0.3 is 22.4 Å². The van der Waals surface area contributed by atoms with Crippen molar-refractivity contribution in [3.05, 3.63) is 38.9 Å². The lowest BCUT2D eigenvalue weighted by atomic mass is 9.99. The lowest BCUT2D eigenvalue weighted by Crippen LogP contribution is -2.43. The van der Waals surface area contributed by atoms with E-state index < -0.39 is 91.9 Å². The molecule has 0 amide bonds. The highest BCUT2D eigenvalue weighted by Crippen LogP contribution is 3.02. The molecule has 2 saturated heterocycles. The van der Waals surface area contributed by atoms with Crippen LogP contribution in [-0.4, -0.2) is 61.0 Å². The van der Waals surface area contributed by atoms with Gasteiger partial charge in [-0.2, -0.15) is 13.2 Å². The molecule has 36 heavy (non-hydrogen) atoms. The van der Waals surface area contributed by atoms with Crippen LogP contribution in [0.2, 0.25) is 0 Å². The van der Waals surface area contributed by atoms with E-state index in [4.69, 9.17) is 18.9 Å². The first kappa shape index (κ1) is 26.2. The first-order chi connectivity index (χ1) is 16.2. The molecule has 0 N–H and O–H groups in total. The minimum absolute atomic E-state index is 0.0398. The Balaban J connectivity index is 1.66. The molecular formula is C18H15F8NO8S. The highest BCUT2D eigenvalue weighted by molar-refractivity contribution is 8.45. The average molecular weight is 557 g/mol. The van der Waals surface area contributed by atoms with Gasteiger partial charge in [0.25, 0.3) is 5.09 Å². The number of esters is 1. The van der Waals surface area contributed by atoms with Gasteiger partial charge in [0.2, 0.25) is 6.10 Å². The Labute approximate surface area is 195 Å². The van der Waals surface area contributed by atoms with E-state index in [0.717, 1.165) is 6.92 Å². The molecule has 5 unspecified atom stereocenters. The Kier molecular flexibility index (Phi) is 5.52. The second kappa shape index (κ2) is 7.58. The molecule has 0 aliphatic carbocycles. The van der Waals surface area contributed by atoms with Crippen molar-refractivity contribution in [1.82, 2.24) is 0 Å². The number of hydrogen-bond donors (Lipinski definition) is 0. The highest BCUT2D eigenvalue weighted by atomic mass is 32.5. The largest absolute Gasteiger partial charge is 0.475 e. The van der Waals surface area contributed by atoms with Crippen molar-refractivity contribution in [2.75, 3.05) is 13.2 Å². The lowest BCUT2D eigenvalue weighted by Gasteiger charge is -2.41. The van der Waals surface area contributed by atoms with Crippen LogP contribution in [0.25, 0.3) is 6.08 Å². The molecule has 0 saturated carbocycles. The van der Waals surface area contributed by atoms with Crippen molar-refractivity contribution >= 4 is 22.3 Å². The molecule has 1 aromatic carbocycles. The number of hydrogen-bond acceptors (Lipinski definition) is 8. The molecular weight excluding hydrogens is 542 g/mol. The predicted octanol–water partition coefficient (Wildman–Crippen LogP) is 4.65. The Bertz CT molecular complexity index is 1160. The number of carbonyl (C=O) groups excluding carboxylic acids is 1. The van der Waals surface area contributed by atoms with Gasteiger partial charge < -0.3 is 23.8 Å². The van der Waals surface area contributed by atoms with Crippen molar-refractivity contribution in [3.63, 3.8) is 0 Å². The molecule has 3 aliphatic heterocycles. The second-order valence-electron chi connectivity index (χ2n) is 8.17. The number of nitrogens with zero attached hydrogens (tertiary/aromatic N) is 1. The number of aryl methyl sites for hydroxylation is 1. The minimum Gasteiger partial charge on any atom is -0.475 e.